The molecule has 2 aliphatic rings. The molecule has 64 valence electrons. The molecule has 0 radical (unpaired) electrons. The van der Waals surface area contributed by atoms with Gasteiger partial charge in [-0.15, -0.1) is 0 Å². The number of nitrogens with two attached hydrogens (primary N) is 1. The van der Waals surface area contributed by atoms with Gasteiger partial charge in [0.2, 0.25) is 0 Å². The smallest absolute Gasteiger partial charge is 0.251 e. The van der Waals surface area contributed by atoms with Crippen LogP contribution in [0.4, 0.5) is 8.78 Å². The average Bonchev–Trinajstić information content (AvgIpc) is 2.41. The van der Waals surface area contributed by atoms with E-state index in [0.29, 0.717) is 18.9 Å². The van der Waals surface area contributed by atoms with E-state index in [0.717, 1.165) is 6.42 Å². The second-order valence-electron chi connectivity index (χ2n) is 3.89. The fraction of sp³-hybridized carbons (Fsp3) is 1.00. The molecule has 0 aromatic heterocycles. The van der Waals surface area contributed by atoms with Crippen molar-refractivity contribution < 1.29 is 8.78 Å². The Hall–Kier alpha value is -0.180. The van der Waals surface area contributed by atoms with E-state index < -0.39 is 5.92 Å². The van der Waals surface area contributed by atoms with Gasteiger partial charge in [-0.1, -0.05) is 0 Å². The van der Waals surface area contributed by atoms with Gasteiger partial charge in [0.1, 0.15) is 0 Å². The third-order valence-electron chi connectivity index (χ3n) is 3.28. The van der Waals surface area contributed by atoms with E-state index >= 15 is 0 Å². The van der Waals surface area contributed by atoms with Crippen molar-refractivity contribution in [3.63, 3.8) is 0 Å². The molecule has 0 heterocycles. The summed E-state index contributed by atoms with van der Waals surface area (Å²) in [7, 11) is 0. The third kappa shape index (κ3) is 0.975. The van der Waals surface area contributed by atoms with Gasteiger partial charge in [-0.3, -0.25) is 0 Å². The number of alkyl halides is 2. The van der Waals surface area contributed by atoms with Crippen molar-refractivity contribution >= 4 is 0 Å². The van der Waals surface area contributed by atoms with Crippen LogP contribution in [-0.4, -0.2) is 12.5 Å². The van der Waals surface area contributed by atoms with Crippen LogP contribution in [0.15, 0.2) is 0 Å². The van der Waals surface area contributed by atoms with Crippen molar-refractivity contribution in [1.29, 1.82) is 0 Å². The number of fused-ring (bicyclic) bond motifs is 2. The molecular formula is C8H13F2N. The highest BCUT2D eigenvalue weighted by Gasteiger charge is 2.55. The molecule has 0 aromatic rings. The Morgan fingerprint density at radius 3 is 2.45 bits per heavy atom. The SMILES string of the molecule is NC[C@H]1C[C@@H]2C[C@H]1CC2(F)F. The summed E-state index contributed by atoms with van der Waals surface area (Å²) in [5.74, 6) is -2.10. The van der Waals surface area contributed by atoms with Gasteiger partial charge in [0.15, 0.2) is 0 Å². The van der Waals surface area contributed by atoms with Gasteiger partial charge in [-0.25, -0.2) is 8.78 Å². The van der Waals surface area contributed by atoms with Crippen LogP contribution < -0.4 is 5.73 Å². The van der Waals surface area contributed by atoms with Gasteiger partial charge in [-0.2, -0.15) is 0 Å². The van der Waals surface area contributed by atoms with Gasteiger partial charge < -0.3 is 5.73 Å². The molecule has 2 aliphatic carbocycles. The van der Waals surface area contributed by atoms with E-state index in [4.69, 9.17) is 5.73 Å². The normalized spacial score (nSPS) is 46.6. The summed E-state index contributed by atoms with van der Waals surface area (Å²) in [6.07, 6.45) is 1.47. The molecule has 0 aliphatic heterocycles. The Balaban J connectivity index is 2.08. The van der Waals surface area contributed by atoms with E-state index in [1.807, 2.05) is 0 Å². The molecule has 0 unspecified atom stereocenters. The Bertz CT molecular complexity index is 169. The average molecular weight is 161 g/mol. The molecule has 0 saturated heterocycles. The molecule has 11 heavy (non-hydrogen) atoms. The van der Waals surface area contributed by atoms with E-state index in [-0.39, 0.29) is 18.3 Å². The quantitative estimate of drug-likeness (QED) is 0.621. The van der Waals surface area contributed by atoms with E-state index in [9.17, 15) is 8.78 Å². The largest absolute Gasteiger partial charge is 0.330 e. The summed E-state index contributed by atoms with van der Waals surface area (Å²) in [6.45, 7) is 0.594. The van der Waals surface area contributed by atoms with E-state index in [2.05, 4.69) is 0 Å². The zero-order valence-corrected chi connectivity index (χ0v) is 6.39. The molecule has 1 nitrogen and oxygen atoms in total. The lowest BCUT2D eigenvalue weighted by atomic mass is 9.87. The van der Waals surface area contributed by atoms with Gasteiger partial charge in [0.25, 0.3) is 5.92 Å². The van der Waals surface area contributed by atoms with Gasteiger partial charge in [0.05, 0.1) is 0 Å². The lowest BCUT2D eigenvalue weighted by Gasteiger charge is -2.26. The summed E-state index contributed by atoms with van der Waals surface area (Å²) >= 11 is 0. The second-order valence-corrected chi connectivity index (χ2v) is 3.89. The molecule has 0 amide bonds. The monoisotopic (exact) mass is 161 g/mol. The Labute approximate surface area is 65.0 Å². The Morgan fingerprint density at radius 2 is 2.09 bits per heavy atom. The molecule has 2 rings (SSSR count). The standard InChI is InChI=1S/C8H13F2N/c9-8(10)3-5-1-7(8)2-6(5)4-11/h5-7H,1-4,11H2/t5-,6+,7-/m0/s1. The first kappa shape index (κ1) is 7.47. The third-order valence-corrected chi connectivity index (χ3v) is 3.28. The Kier molecular flexibility index (Phi) is 1.46. The number of halogens is 2. The predicted molar refractivity (Wildman–Crippen MR) is 38.3 cm³/mol. The summed E-state index contributed by atoms with van der Waals surface area (Å²) in [4.78, 5) is 0. The highest BCUT2D eigenvalue weighted by Crippen LogP contribution is 2.55. The van der Waals surface area contributed by atoms with Crippen LogP contribution in [0.25, 0.3) is 0 Å². The van der Waals surface area contributed by atoms with Crippen molar-refractivity contribution in [3.8, 4) is 0 Å². The maximum atomic E-state index is 12.9. The van der Waals surface area contributed by atoms with Gasteiger partial charge in [0, 0.05) is 12.3 Å². The lowest BCUT2D eigenvalue weighted by molar-refractivity contribution is -0.0601. The Morgan fingerprint density at radius 1 is 1.36 bits per heavy atom. The topological polar surface area (TPSA) is 26.0 Å². The molecule has 2 N–H and O–H groups in total. The maximum Gasteiger partial charge on any atom is 0.251 e. The van der Waals surface area contributed by atoms with Gasteiger partial charge in [-0.05, 0) is 31.2 Å². The maximum absolute atomic E-state index is 12.9. The summed E-state index contributed by atoms with van der Waals surface area (Å²) in [6, 6.07) is 0. The van der Waals surface area contributed by atoms with Crippen LogP contribution in [0.2, 0.25) is 0 Å². The molecular weight excluding hydrogens is 148 g/mol. The first-order valence-corrected chi connectivity index (χ1v) is 4.21. The van der Waals surface area contributed by atoms with Crippen LogP contribution >= 0.6 is 0 Å². The molecule has 3 atom stereocenters. The molecule has 0 spiro atoms. The van der Waals surface area contributed by atoms with Crippen LogP contribution in [0.5, 0.6) is 0 Å². The summed E-state index contributed by atoms with van der Waals surface area (Å²) in [5, 5.41) is 0. The second kappa shape index (κ2) is 2.16. The molecule has 2 bridgehead atoms. The first-order chi connectivity index (χ1) is 5.13. The van der Waals surface area contributed by atoms with Crippen molar-refractivity contribution in [2.24, 2.45) is 23.5 Å². The van der Waals surface area contributed by atoms with Crippen LogP contribution in [0, 0.1) is 17.8 Å². The van der Waals surface area contributed by atoms with E-state index in [1.54, 1.807) is 0 Å². The zero-order valence-electron chi connectivity index (χ0n) is 6.39. The van der Waals surface area contributed by atoms with E-state index in [1.165, 1.54) is 0 Å². The minimum Gasteiger partial charge on any atom is -0.330 e. The van der Waals surface area contributed by atoms with Gasteiger partial charge >= 0.3 is 0 Å². The van der Waals surface area contributed by atoms with Crippen LogP contribution in [-0.2, 0) is 0 Å². The number of hydrogen-bond donors (Lipinski definition) is 1. The first-order valence-electron chi connectivity index (χ1n) is 4.21. The minimum absolute atomic E-state index is 0.0968. The van der Waals surface area contributed by atoms with Crippen molar-refractivity contribution in [3.05, 3.63) is 0 Å². The fourth-order valence-corrected chi connectivity index (χ4v) is 2.61. The summed E-state index contributed by atoms with van der Waals surface area (Å²) < 4.78 is 25.8. The molecule has 0 aromatic carbocycles. The van der Waals surface area contributed by atoms with Crippen molar-refractivity contribution in [2.45, 2.75) is 25.2 Å². The highest BCUT2D eigenvalue weighted by atomic mass is 19.3. The highest BCUT2D eigenvalue weighted by molar-refractivity contribution is 4.99. The van der Waals surface area contributed by atoms with Crippen molar-refractivity contribution in [1.82, 2.24) is 0 Å². The lowest BCUT2D eigenvalue weighted by Crippen LogP contribution is -2.31. The fourth-order valence-electron chi connectivity index (χ4n) is 2.61. The number of rotatable bonds is 1. The summed E-state index contributed by atoms with van der Waals surface area (Å²) in [5.41, 5.74) is 5.46. The minimum atomic E-state index is -2.36. The molecule has 2 fully saturated rings. The van der Waals surface area contributed by atoms with Crippen LogP contribution in [0.1, 0.15) is 19.3 Å². The zero-order chi connectivity index (χ0) is 8.06. The number of hydrogen-bond acceptors (Lipinski definition) is 1. The molecule has 3 heteroatoms. The van der Waals surface area contributed by atoms with Crippen molar-refractivity contribution in [2.75, 3.05) is 6.54 Å². The molecule has 2 saturated carbocycles. The van der Waals surface area contributed by atoms with Crippen LogP contribution in [0.3, 0.4) is 0 Å². The predicted octanol–water partition coefficient (Wildman–Crippen LogP) is 1.63.